The molecule has 0 bridgehead atoms. The summed E-state index contributed by atoms with van der Waals surface area (Å²) in [6.45, 7) is 0. The van der Waals surface area contributed by atoms with Gasteiger partial charge in [-0.25, -0.2) is 0 Å². The summed E-state index contributed by atoms with van der Waals surface area (Å²) in [5.41, 5.74) is 17.8. The summed E-state index contributed by atoms with van der Waals surface area (Å²) >= 11 is 0. The largest absolute Gasteiger partial charge is 0.311 e. The Balaban J connectivity index is 0.989. The topological polar surface area (TPSA) is 3.24 Å². The molecule has 0 unspecified atom stereocenters. The molecule has 0 atom stereocenters. The fourth-order valence-electron chi connectivity index (χ4n) is 9.15. The number of nitrogens with zero attached hydrogens (tertiary/aromatic N) is 1. The summed E-state index contributed by atoms with van der Waals surface area (Å²) in [6, 6.07) is 94.5. The van der Waals surface area contributed by atoms with Crippen LogP contribution >= 0.6 is 0 Å². The van der Waals surface area contributed by atoms with E-state index in [9.17, 15) is 0 Å². The molecular weight excluding hydrogens is 759 g/mol. The molecule has 0 spiro atoms. The Bertz CT molecular complexity index is 3170. The molecule has 0 aromatic heterocycles. The molecule has 0 heterocycles. The van der Waals surface area contributed by atoms with Crippen LogP contribution in [0.15, 0.2) is 261 Å². The van der Waals surface area contributed by atoms with Gasteiger partial charge in [-0.2, -0.15) is 0 Å². The second-order valence-electron chi connectivity index (χ2n) is 16.1. The minimum absolute atomic E-state index is 1.09. The molecule has 0 saturated carbocycles. The highest BCUT2D eigenvalue weighted by Gasteiger charge is 2.19. The lowest BCUT2D eigenvalue weighted by molar-refractivity contribution is 1.28. The van der Waals surface area contributed by atoms with Crippen molar-refractivity contribution in [2.45, 2.75) is 0 Å². The SMILES string of the molecule is c1ccc(-c2ccc(-c3ccc(N(c4ccc(-c5ccc(-c6ccccc6)cc5)cc4)c4ccc(-c5c(-c6ccccc6)c6ccccc6c6ccccc56)cc4)cc3)cc2)cc1. The highest BCUT2D eigenvalue weighted by atomic mass is 15.1. The first kappa shape index (κ1) is 37.7. The van der Waals surface area contributed by atoms with Crippen molar-refractivity contribution in [3.05, 3.63) is 261 Å². The summed E-state index contributed by atoms with van der Waals surface area (Å²) in [5, 5.41) is 5.04. The summed E-state index contributed by atoms with van der Waals surface area (Å²) < 4.78 is 0. The van der Waals surface area contributed by atoms with E-state index in [4.69, 9.17) is 0 Å². The van der Waals surface area contributed by atoms with Crippen LogP contribution in [-0.4, -0.2) is 0 Å². The molecule has 0 aliphatic heterocycles. The van der Waals surface area contributed by atoms with Gasteiger partial charge in [0.2, 0.25) is 0 Å². The molecule has 1 heteroatoms. The lowest BCUT2D eigenvalue weighted by Crippen LogP contribution is -2.09. The van der Waals surface area contributed by atoms with Crippen LogP contribution in [0.2, 0.25) is 0 Å². The van der Waals surface area contributed by atoms with Gasteiger partial charge in [0.15, 0.2) is 0 Å². The second kappa shape index (κ2) is 16.7. The standard InChI is InChI=1S/C62H43N/c1-4-14-44(15-5-1)46-24-28-48(29-25-46)50-32-38-54(39-33-50)63(55-40-34-51(35-41-55)49-30-26-47(27-31-49)45-16-6-2-7-17-45)56-42-36-53(37-43-56)62-60-23-13-11-21-58(60)57-20-10-12-22-59(57)61(62)52-18-8-3-9-19-52/h1-43H. The van der Waals surface area contributed by atoms with E-state index in [1.165, 1.54) is 88.3 Å². The van der Waals surface area contributed by atoms with Crippen LogP contribution < -0.4 is 4.90 Å². The lowest BCUT2D eigenvalue weighted by Gasteiger charge is -2.26. The number of hydrogen-bond acceptors (Lipinski definition) is 1. The predicted octanol–water partition coefficient (Wildman–Crippen LogP) is 17.5. The molecule has 0 aliphatic rings. The second-order valence-corrected chi connectivity index (χ2v) is 16.1. The number of rotatable bonds is 9. The van der Waals surface area contributed by atoms with Crippen molar-refractivity contribution >= 4 is 38.6 Å². The normalized spacial score (nSPS) is 11.2. The maximum atomic E-state index is 2.37. The number of fused-ring (bicyclic) bond motifs is 3. The summed E-state index contributed by atoms with van der Waals surface area (Å²) in [5.74, 6) is 0. The quantitative estimate of drug-likeness (QED) is 0.131. The van der Waals surface area contributed by atoms with E-state index >= 15 is 0 Å². The molecule has 11 rings (SSSR count). The van der Waals surface area contributed by atoms with Gasteiger partial charge in [0, 0.05) is 17.1 Å². The zero-order chi connectivity index (χ0) is 42.0. The third-order valence-corrected chi connectivity index (χ3v) is 12.3. The average molecular weight is 802 g/mol. The Labute approximate surface area is 369 Å². The molecule has 11 aromatic rings. The van der Waals surface area contributed by atoms with Crippen LogP contribution in [-0.2, 0) is 0 Å². The van der Waals surface area contributed by atoms with Gasteiger partial charge in [-0.15, -0.1) is 0 Å². The molecule has 11 aromatic carbocycles. The van der Waals surface area contributed by atoms with E-state index in [1.807, 2.05) is 0 Å². The Morgan fingerprint density at radius 1 is 0.159 bits per heavy atom. The monoisotopic (exact) mass is 801 g/mol. The van der Waals surface area contributed by atoms with Crippen LogP contribution in [0.4, 0.5) is 17.1 Å². The smallest absolute Gasteiger partial charge is 0.0462 e. The summed E-state index contributed by atoms with van der Waals surface area (Å²) in [7, 11) is 0. The maximum Gasteiger partial charge on any atom is 0.0462 e. The fraction of sp³-hybridized carbons (Fsp3) is 0. The number of anilines is 3. The van der Waals surface area contributed by atoms with Crippen molar-refractivity contribution in [1.82, 2.24) is 0 Å². The van der Waals surface area contributed by atoms with Gasteiger partial charge in [-0.1, -0.05) is 224 Å². The van der Waals surface area contributed by atoms with Gasteiger partial charge in [0.1, 0.15) is 0 Å². The van der Waals surface area contributed by atoms with E-state index in [0.29, 0.717) is 0 Å². The molecule has 296 valence electrons. The van der Waals surface area contributed by atoms with Crippen LogP contribution in [0, 0.1) is 0 Å². The van der Waals surface area contributed by atoms with E-state index in [1.54, 1.807) is 0 Å². The third-order valence-electron chi connectivity index (χ3n) is 12.3. The molecule has 0 aliphatic carbocycles. The van der Waals surface area contributed by atoms with Crippen LogP contribution in [0.1, 0.15) is 0 Å². The van der Waals surface area contributed by atoms with Crippen molar-refractivity contribution in [3.8, 4) is 66.8 Å². The molecule has 1 nitrogen and oxygen atoms in total. The predicted molar refractivity (Wildman–Crippen MR) is 269 cm³/mol. The Morgan fingerprint density at radius 2 is 0.365 bits per heavy atom. The molecule has 0 N–H and O–H groups in total. The van der Waals surface area contributed by atoms with Gasteiger partial charge in [0.05, 0.1) is 0 Å². The van der Waals surface area contributed by atoms with Crippen molar-refractivity contribution in [2.24, 2.45) is 0 Å². The van der Waals surface area contributed by atoms with Crippen LogP contribution in [0.5, 0.6) is 0 Å². The average Bonchev–Trinajstić information content (AvgIpc) is 3.37. The number of hydrogen-bond donors (Lipinski definition) is 0. The van der Waals surface area contributed by atoms with E-state index < -0.39 is 0 Å². The van der Waals surface area contributed by atoms with Gasteiger partial charge >= 0.3 is 0 Å². The van der Waals surface area contributed by atoms with E-state index in [0.717, 1.165) is 17.1 Å². The first-order valence-electron chi connectivity index (χ1n) is 21.7. The van der Waals surface area contributed by atoms with Gasteiger partial charge in [0.25, 0.3) is 0 Å². The van der Waals surface area contributed by atoms with Gasteiger partial charge in [-0.05, 0) is 125 Å². The van der Waals surface area contributed by atoms with Crippen LogP contribution in [0.3, 0.4) is 0 Å². The minimum atomic E-state index is 1.09. The van der Waals surface area contributed by atoms with Crippen molar-refractivity contribution < 1.29 is 0 Å². The fourth-order valence-corrected chi connectivity index (χ4v) is 9.15. The minimum Gasteiger partial charge on any atom is -0.311 e. The van der Waals surface area contributed by atoms with Crippen molar-refractivity contribution in [2.75, 3.05) is 4.90 Å². The van der Waals surface area contributed by atoms with Gasteiger partial charge < -0.3 is 4.90 Å². The molecule has 0 radical (unpaired) electrons. The Hall–Kier alpha value is -8.26. The maximum absolute atomic E-state index is 2.37. The van der Waals surface area contributed by atoms with E-state index in [-0.39, 0.29) is 0 Å². The molecule has 0 saturated heterocycles. The molecule has 63 heavy (non-hydrogen) atoms. The van der Waals surface area contributed by atoms with Crippen molar-refractivity contribution in [3.63, 3.8) is 0 Å². The highest BCUT2D eigenvalue weighted by molar-refractivity contribution is 6.21. The lowest BCUT2D eigenvalue weighted by atomic mass is 9.85. The molecule has 0 fully saturated rings. The number of benzene rings is 11. The zero-order valence-electron chi connectivity index (χ0n) is 34.8. The van der Waals surface area contributed by atoms with E-state index in [2.05, 4.69) is 266 Å². The van der Waals surface area contributed by atoms with Gasteiger partial charge in [-0.3, -0.25) is 0 Å². The zero-order valence-corrected chi connectivity index (χ0v) is 34.8. The summed E-state index contributed by atoms with van der Waals surface area (Å²) in [4.78, 5) is 2.37. The first-order valence-corrected chi connectivity index (χ1v) is 21.7. The Morgan fingerprint density at radius 3 is 0.683 bits per heavy atom. The van der Waals surface area contributed by atoms with Crippen molar-refractivity contribution in [1.29, 1.82) is 0 Å². The summed E-state index contributed by atoms with van der Waals surface area (Å²) in [6.07, 6.45) is 0. The first-order chi connectivity index (χ1) is 31.2. The van der Waals surface area contributed by atoms with Crippen LogP contribution in [0.25, 0.3) is 88.3 Å². The highest BCUT2D eigenvalue weighted by Crippen LogP contribution is 2.46. The molecule has 0 amide bonds. The Kier molecular flexibility index (Phi) is 9.97. The molecular formula is C62H43N. The third kappa shape index (κ3) is 7.37.